The number of piperazine rings is 1. The van der Waals surface area contributed by atoms with Gasteiger partial charge in [-0.1, -0.05) is 6.07 Å². The summed E-state index contributed by atoms with van der Waals surface area (Å²) in [4.78, 5) is 27.7. The molecule has 1 heterocycles. The Morgan fingerprint density at radius 3 is 2.18 bits per heavy atom. The highest BCUT2D eigenvalue weighted by Gasteiger charge is 2.30. The van der Waals surface area contributed by atoms with Gasteiger partial charge in [0.2, 0.25) is 5.91 Å². The van der Waals surface area contributed by atoms with Crippen LogP contribution in [0.5, 0.6) is 0 Å². The Morgan fingerprint density at radius 2 is 1.61 bits per heavy atom. The second-order valence-corrected chi connectivity index (χ2v) is 6.57. The molecule has 3 rings (SSSR count). The molecule has 1 fully saturated rings. The first-order chi connectivity index (χ1) is 13.2. The number of hydrogen-bond donors (Lipinski definition) is 1. The molecule has 2 aromatic carbocycles. The molecule has 0 aromatic heterocycles. The van der Waals surface area contributed by atoms with Crippen LogP contribution in [0.25, 0.3) is 0 Å². The molecule has 0 spiro atoms. The Hall–Kier alpha value is -3.03. The predicted octanol–water partition coefficient (Wildman–Crippen LogP) is 3.63. The number of amides is 2. The van der Waals surface area contributed by atoms with Crippen LogP contribution in [0.15, 0.2) is 48.5 Å². The summed E-state index contributed by atoms with van der Waals surface area (Å²) in [6.45, 7) is 4.20. The normalized spacial score (nSPS) is 14.7. The van der Waals surface area contributed by atoms with Crippen molar-refractivity contribution in [2.24, 2.45) is 0 Å². The molecule has 5 nitrogen and oxygen atoms in total. The SMILES string of the molecule is CC(=O)N1CCN(c2cccc(NC(=O)c3ccc(C(F)(F)F)cc3)c2)CC1. The van der Waals surface area contributed by atoms with Crippen molar-refractivity contribution in [1.82, 2.24) is 4.90 Å². The molecule has 2 aromatic rings. The van der Waals surface area contributed by atoms with Gasteiger partial charge in [-0.15, -0.1) is 0 Å². The van der Waals surface area contributed by atoms with Gasteiger partial charge in [0.15, 0.2) is 0 Å². The molecular formula is C20H20F3N3O2. The molecule has 8 heteroatoms. The Morgan fingerprint density at radius 1 is 0.964 bits per heavy atom. The number of anilines is 2. The molecule has 28 heavy (non-hydrogen) atoms. The highest BCUT2D eigenvalue weighted by Crippen LogP contribution is 2.29. The summed E-state index contributed by atoms with van der Waals surface area (Å²) < 4.78 is 37.9. The van der Waals surface area contributed by atoms with Gasteiger partial charge in [0.1, 0.15) is 0 Å². The molecule has 2 amide bonds. The van der Waals surface area contributed by atoms with Gasteiger partial charge in [0.05, 0.1) is 5.56 Å². The molecule has 0 radical (unpaired) electrons. The van der Waals surface area contributed by atoms with E-state index in [1.54, 1.807) is 24.0 Å². The standard InChI is InChI=1S/C20H20F3N3O2/c1-14(27)25-9-11-26(12-10-25)18-4-2-3-17(13-18)24-19(28)15-5-7-16(8-6-15)20(21,22)23/h2-8,13H,9-12H2,1H3,(H,24,28). The van der Waals surface area contributed by atoms with Gasteiger partial charge in [0, 0.05) is 50.0 Å². The van der Waals surface area contributed by atoms with E-state index in [2.05, 4.69) is 10.2 Å². The van der Waals surface area contributed by atoms with Crippen LogP contribution in [-0.4, -0.2) is 42.9 Å². The van der Waals surface area contributed by atoms with Crippen molar-refractivity contribution in [1.29, 1.82) is 0 Å². The third kappa shape index (κ3) is 4.62. The Balaban J connectivity index is 1.66. The molecule has 0 aliphatic carbocycles. The van der Waals surface area contributed by atoms with E-state index < -0.39 is 17.6 Å². The van der Waals surface area contributed by atoms with Gasteiger partial charge >= 0.3 is 6.18 Å². The smallest absolute Gasteiger partial charge is 0.368 e. The topological polar surface area (TPSA) is 52.7 Å². The summed E-state index contributed by atoms with van der Waals surface area (Å²) in [5.74, 6) is -0.426. The van der Waals surface area contributed by atoms with E-state index in [9.17, 15) is 22.8 Å². The largest absolute Gasteiger partial charge is 0.416 e. The number of hydrogen-bond acceptors (Lipinski definition) is 3. The lowest BCUT2D eigenvalue weighted by atomic mass is 10.1. The molecule has 0 atom stereocenters. The quantitative estimate of drug-likeness (QED) is 0.870. The van der Waals surface area contributed by atoms with Crippen molar-refractivity contribution in [2.45, 2.75) is 13.1 Å². The summed E-state index contributed by atoms with van der Waals surface area (Å²) in [6, 6.07) is 11.3. The van der Waals surface area contributed by atoms with Crippen molar-refractivity contribution in [3.63, 3.8) is 0 Å². The van der Waals surface area contributed by atoms with Crippen molar-refractivity contribution in [2.75, 3.05) is 36.4 Å². The third-order valence-electron chi connectivity index (χ3n) is 4.67. The summed E-state index contributed by atoms with van der Waals surface area (Å²) in [6.07, 6.45) is -4.43. The van der Waals surface area contributed by atoms with Crippen molar-refractivity contribution in [3.05, 3.63) is 59.7 Å². The number of alkyl halides is 3. The Bertz CT molecular complexity index is 858. The molecule has 0 unspecified atom stereocenters. The van der Waals surface area contributed by atoms with E-state index in [-0.39, 0.29) is 11.5 Å². The number of nitrogens with one attached hydrogen (secondary N) is 1. The van der Waals surface area contributed by atoms with E-state index in [0.29, 0.717) is 31.9 Å². The molecule has 1 aliphatic rings. The van der Waals surface area contributed by atoms with E-state index in [1.807, 2.05) is 12.1 Å². The number of carbonyl (C=O) groups excluding carboxylic acids is 2. The lowest BCUT2D eigenvalue weighted by molar-refractivity contribution is -0.137. The third-order valence-corrected chi connectivity index (χ3v) is 4.67. The molecule has 148 valence electrons. The molecule has 1 saturated heterocycles. The maximum atomic E-state index is 12.6. The summed E-state index contributed by atoms with van der Waals surface area (Å²) in [5, 5.41) is 2.71. The van der Waals surface area contributed by atoms with E-state index in [4.69, 9.17) is 0 Å². The van der Waals surface area contributed by atoms with Crippen LogP contribution in [0.3, 0.4) is 0 Å². The van der Waals surface area contributed by atoms with Crippen LogP contribution in [0.2, 0.25) is 0 Å². The highest BCUT2D eigenvalue weighted by atomic mass is 19.4. The summed E-state index contributed by atoms with van der Waals surface area (Å²) in [7, 11) is 0. The van der Waals surface area contributed by atoms with E-state index >= 15 is 0 Å². The zero-order valence-corrected chi connectivity index (χ0v) is 15.3. The molecule has 0 bridgehead atoms. The van der Waals surface area contributed by atoms with Crippen LogP contribution < -0.4 is 10.2 Å². The lowest BCUT2D eigenvalue weighted by Crippen LogP contribution is -2.48. The number of halogens is 3. The van der Waals surface area contributed by atoms with Gasteiger partial charge in [-0.2, -0.15) is 13.2 Å². The van der Waals surface area contributed by atoms with Gasteiger partial charge in [-0.25, -0.2) is 0 Å². The van der Waals surface area contributed by atoms with Gasteiger partial charge < -0.3 is 15.1 Å². The van der Waals surface area contributed by atoms with Crippen molar-refractivity contribution >= 4 is 23.2 Å². The zero-order valence-electron chi connectivity index (χ0n) is 15.3. The first kappa shape index (κ1) is 19.7. The fraction of sp³-hybridized carbons (Fsp3) is 0.300. The molecule has 1 aliphatic heterocycles. The lowest BCUT2D eigenvalue weighted by Gasteiger charge is -2.35. The van der Waals surface area contributed by atoms with Crippen LogP contribution in [0, 0.1) is 0 Å². The monoisotopic (exact) mass is 391 g/mol. The fourth-order valence-electron chi connectivity index (χ4n) is 3.07. The number of nitrogens with zero attached hydrogens (tertiary/aromatic N) is 2. The Kier molecular flexibility index (Phi) is 5.58. The Labute approximate surface area is 160 Å². The zero-order chi connectivity index (χ0) is 20.3. The van der Waals surface area contributed by atoms with E-state index in [0.717, 1.165) is 30.0 Å². The van der Waals surface area contributed by atoms with Crippen LogP contribution >= 0.6 is 0 Å². The minimum Gasteiger partial charge on any atom is -0.368 e. The van der Waals surface area contributed by atoms with Crippen LogP contribution in [0.4, 0.5) is 24.5 Å². The number of benzene rings is 2. The van der Waals surface area contributed by atoms with Gasteiger partial charge in [0.25, 0.3) is 5.91 Å². The second-order valence-electron chi connectivity index (χ2n) is 6.57. The summed E-state index contributed by atoms with van der Waals surface area (Å²) in [5.41, 5.74) is 0.814. The first-order valence-corrected chi connectivity index (χ1v) is 8.83. The highest BCUT2D eigenvalue weighted by molar-refractivity contribution is 6.04. The molecular weight excluding hydrogens is 371 g/mol. The van der Waals surface area contributed by atoms with Crippen molar-refractivity contribution < 1.29 is 22.8 Å². The minimum absolute atomic E-state index is 0.0530. The maximum Gasteiger partial charge on any atom is 0.416 e. The van der Waals surface area contributed by atoms with Crippen LogP contribution in [-0.2, 0) is 11.0 Å². The molecule has 0 saturated carbocycles. The van der Waals surface area contributed by atoms with E-state index in [1.165, 1.54) is 0 Å². The number of rotatable bonds is 3. The fourth-order valence-corrected chi connectivity index (χ4v) is 3.07. The average Bonchev–Trinajstić information content (AvgIpc) is 2.67. The first-order valence-electron chi connectivity index (χ1n) is 8.83. The van der Waals surface area contributed by atoms with Gasteiger partial charge in [-0.05, 0) is 42.5 Å². The number of carbonyl (C=O) groups is 2. The summed E-state index contributed by atoms with van der Waals surface area (Å²) >= 11 is 0. The predicted molar refractivity (Wildman–Crippen MR) is 100 cm³/mol. The molecule has 1 N–H and O–H groups in total. The average molecular weight is 391 g/mol. The second kappa shape index (κ2) is 7.92. The van der Waals surface area contributed by atoms with Gasteiger partial charge in [-0.3, -0.25) is 9.59 Å². The maximum absolute atomic E-state index is 12.6. The minimum atomic E-state index is -4.43. The van der Waals surface area contributed by atoms with Crippen molar-refractivity contribution in [3.8, 4) is 0 Å². The van der Waals surface area contributed by atoms with Crippen LogP contribution in [0.1, 0.15) is 22.8 Å².